The average Bonchev–Trinajstić information content (AvgIpc) is 2.28. The summed E-state index contributed by atoms with van der Waals surface area (Å²) in [7, 11) is 0. The predicted octanol–water partition coefficient (Wildman–Crippen LogP) is 4.34. The highest BCUT2D eigenvalue weighted by Gasteiger charge is 2.19. The van der Waals surface area contributed by atoms with E-state index in [1.807, 2.05) is 0 Å². The number of hydrogen-bond donors (Lipinski definition) is 1. The van der Waals surface area contributed by atoms with Crippen LogP contribution in [0.1, 0.15) is 57.7 Å². The average molecular weight is 245 g/mol. The number of nitrogens with one attached hydrogen (secondary N) is 1. The fourth-order valence-electron chi connectivity index (χ4n) is 2.84. The molecule has 1 aliphatic heterocycles. The first-order chi connectivity index (χ1) is 8.44. The zero-order valence-electron chi connectivity index (χ0n) is 12.3. The van der Waals surface area contributed by atoms with Crippen molar-refractivity contribution in [3.63, 3.8) is 0 Å². The molecular formula is C17H27N. The van der Waals surface area contributed by atoms with Gasteiger partial charge in [0, 0.05) is 6.04 Å². The van der Waals surface area contributed by atoms with E-state index in [4.69, 9.17) is 0 Å². The van der Waals surface area contributed by atoms with E-state index < -0.39 is 0 Å². The van der Waals surface area contributed by atoms with E-state index in [0.29, 0.717) is 11.5 Å². The molecule has 0 amide bonds. The lowest BCUT2D eigenvalue weighted by Gasteiger charge is -2.28. The molecule has 1 heterocycles. The smallest absolute Gasteiger partial charge is 0.0322 e. The minimum Gasteiger partial charge on any atom is -0.310 e. The molecule has 1 saturated heterocycles. The predicted molar refractivity (Wildman–Crippen MR) is 78.7 cm³/mol. The summed E-state index contributed by atoms with van der Waals surface area (Å²) in [6.07, 6.45) is 3.75. The third-order valence-corrected chi connectivity index (χ3v) is 3.78. The standard InChI is InChI=1S/C17H27N/c1-13-9-10-18-16(11-13)15-7-5-14(6-8-15)12-17(2,3)4/h5-8,13,16,18H,9-12H2,1-4H3/t13-,16?/m1/s1. The van der Waals surface area contributed by atoms with Crippen LogP contribution in [0.4, 0.5) is 0 Å². The Bertz CT molecular complexity index is 372. The van der Waals surface area contributed by atoms with Crippen LogP contribution in [0.15, 0.2) is 24.3 Å². The van der Waals surface area contributed by atoms with Gasteiger partial charge in [-0.15, -0.1) is 0 Å². The number of rotatable bonds is 2. The van der Waals surface area contributed by atoms with Gasteiger partial charge in [-0.2, -0.15) is 0 Å². The fraction of sp³-hybridized carbons (Fsp3) is 0.647. The summed E-state index contributed by atoms with van der Waals surface area (Å²) in [4.78, 5) is 0. The van der Waals surface area contributed by atoms with Gasteiger partial charge in [0.1, 0.15) is 0 Å². The fourth-order valence-corrected chi connectivity index (χ4v) is 2.84. The molecule has 100 valence electrons. The van der Waals surface area contributed by atoms with Crippen LogP contribution in [0, 0.1) is 11.3 Å². The van der Waals surface area contributed by atoms with Crippen LogP contribution < -0.4 is 5.32 Å². The van der Waals surface area contributed by atoms with Crippen molar-refractivity contribution in [3.05, 3.63) is 35.4 Å². The Hall–Kier alpha value is -0.820. The molecule has 2 atom stereocenters. The first-order valence-electron chi connectivity index (χ1n) is 7.26. The van der Waals surface area contributed by atoms with Gasteiger partial charge in [0.15, 0.2) is 0 Å². The monoisotopic (exact) mass is 245 g/mol. The van der Waals surface area contributed by atoms with E-state index in [-0.39, 0.29) is 0 Å². The van der Waals surface area contributed by atoms with Gasteiger partial charge in [0.05, 0.1) is 0 Å². The SMILES string of the molecule is C[C@@H]1CCNC(c2ccc(CC(C)(C)C)cc2)C1. The quantitative estimate of drug-likeness (QED) is 0.817. The third-order valence-electron chi connectivity index (χ3n) is 3.78. The van der Waals surface area contributed by atoms with Crippen LogP contribution in [0.3, 0.4) is 0 Å². The molecule has 0 radical (unpaired) electrons. The summed E-state index contributed by atoms with van der Waals surface area (Å²) < 4.78 is 0. The molecule has 0 bridgehead atoms. The van der Waals surface area contributed by atoms with Crippen molar-refractivity contribution in [2.24, 2.45) is 11.3 Å². The van der Waals surface area contributed by atoms with Crippen molar-refractivity contribution in [1.29, 1.82) is 0 Å². The number of hydrogen-bond acceptors (Lipinski definition) is 1. The molecule has 0 spiro atoms. The maximum atomic E-state index is 3.63. The van der Waals surface area contributed by atoms with Crippen LogP contribution in [-0.4, -0.2) is 6.54 Å². The molecule has 1 aromatic rings. The van der Waals surface area contributed by atoms with E-state index in [9.17, 15) is 0 Å². The van der Waals surface area contributed by atoms with E-state index in [1.54, 1.807) is 0 Å². The van der Waals surface area contributed by atoms with E-state index >= 15 is 0 Å². The molecular weight excluding hydrogens is 218 g/mol. The third kappa shape index (κ3) is 3.84. The molecule has 1 unspecified atom stereocenters. The lowest BCUT2D eigenvalue weighted by atomic mass is 9.86. The maximum Gasteiger partial charge on any atom is 0.0322 e. The van der Waals surface area contributed by atoms with Crippen LogP contribution in [0.2, 0.25) is 0 Å². The molecule has 1 heteroatoms. The van der Waals surface area contributed by atoms with Gasteiger partial charge in [-0.05, 0) is 48.3 Å². The maximum absolute atomic E-state index is 3.63. The van der Waals surface area contributed by atoms with E-state index in [0.717, 1.165) is 18.9 Å². The van der Waals surface area contributed by atoms with E-state index in [2.05, 4.69) is 57.3 Å². The first kappa shape index (κ1) is 13.6. The lowest BCUT2D eigenvalue weighted by Crippen LogP contribution is -2.30. The highest BCUT2D eigenvalue weighted by Crippen LogP contribution is 2.28. The van der Waals surface area contributed by atoms with Crippen molar-refractivity contribution in [1.82, 2.24) is 5.32 Å². The van der Waals surface area contributed by atoms with Crippen molar-refractivity contribution in [2.75, 3.05) is 6.54 Å². The summed E-state index contributed by atoms with van der Waals surface area (Å²) in [6.45, 7) is 10.4. The van der Waals surface area contributed by atoms with Gasteiger partial charge in [-0.1, -0.05) is 52.0 Å². The Labute approximate surface area is 112 Å². The second-order valence-electron chi connectivity index (χ2n) is 7.12. The van der Waals surface area contributed by atoms with Crippen molar-refractivity contribution in [3.8, 4) is 0 Å². The second-order valence-corrected chi connectivity index (χ2v) is 7.12. The van der Waals surface area contributed by atoms with Crippen LogP contribution in [-0.2, 0) is 6.42 Å². The molecule has 2 rings (SSSR count). The summed E-state index contributed by atoms with van der Waals surface area (Å²) in [5.41, 5.74) is 3.29. The minimum atomic E-state index is 0.374. The van der Waals surface area contributed by atoms with Crippen molar-refractivity contribution in [2.45, 2.75) is 53.0 Å². The zero-order valence-corrected chi connectivity index (χ0v) is 12.3. The normalized spacial score (nSPS) is 25.1. The Kier molecular flexibility index (Phi) is 4.11. The van der Waals surface area contributed by atoms with Gasteiger partial charge in [-0.25, -0.2) is 0 Å². The second kappa shape index (κ2) is 5.44. The number of benzene rings is 1. The van der Waals surface area contributed by atoms with E-state index in [1.165, 1.54) is 24.0 Å². The Morgan fingerprint density at radius 1 is 1.17 bits per heavy atom. The molecule has 1 nitrogen and oxygen atoms in total. The topological polar surface area (TPSA) is 12.0 Å². The van der Waals surface area contributed by atoms with Crippen molar-refractivity contribution < 1.29 is 0 Å². The number of piperidine rings is 1. The summed E-state index contributed by atoms with van der Waals surface area (Å²) in [5, 5.41) is 3.63. The van der Waals surface area contributed by atoms with Crippen molar-refractivity contribution >= 4 is 0 Å². The zero-order chi connectivity index (χ0) is 13.2. The highest BCUT2D eigenvalue weighted by atomic mass is 14.9. The minimum absolute atomic E-state index is 0.374. The summed E-state index contributed by atoms with van der Waals surface area (Å²) >= 11 is 0. The largest absolute Gasteiger partial charge is 0.310 e. The molecule has 1 N–H and O–H groups in total. The summed E-state index contributed by atoms with van der Waals surface area (Å²) in [5.74, 6) is 0.852. The van der Waals surface area contributed by atoms with Gasteiger partial charge < -0.3 is 5.32 Å². The first-order valence-corrected chi connectivity index (χ1v) is 7.26. The highest BCUT2D eigenvalue weighted by molar-refractivity contribution is 5.26. The van der Waals surface area contributed by atoms with Gasteiger partial charge in [0.2, 0.25) is 0 Å². The molecule has 18 heavy (non-hydrogen) atoms. The Morgan fingerprint density at radius 2 is 1.83 bits per heavy atom. The molecule has 0 saturated carbocycles. The molecule has 0 aliphatic carbocycles. The molecule has 1 fully saturated rings. The van der Waals surface area contributed by atoms with Gasteiger partial charge in [0.25, 0.3) is 0 Å². The van der Waals surface area contributed by atoms with Gasteiger partial charge >= 0.3 is 0 Å². The van der Waals surface area contributed by atoms with Gasteiger partial charge in [-0.3, -0.25) is 0 Å². The lowest BCUT2D eigenvalue weighted by molar-refractivity contribution is 0.325. The Morgan fingerprint density at radius 3 is 2.39 bits per heavy atom. The summed E-state index contributed by atoms with van der Waals surface area (Å²) in [6, 6.07) is 9.81. The molecule has 1 aliphatic rings. The van der Waals surface area contributed by atoms with Crippen LogP contribution >= 0.6 is 0 Å². The van der Waals surface area contributed by atoms with Crippen LogP contribution in [0.5, 0.6) is 0 Å². The molecule has 0 aromatic heterocycles. The Balaban J connectivity index is 2.03. The molecule has 1 aromatic carbocycles. The van der Waals surface area contributed by atoms with Crippen LogP contribution in [0.25, 0.3) is 0 Å².